The van der Waals surface area contributed by atoms with Gasteiger partial charge in [0.1, 0.15) is 11.6 Å². The number of rotatable bonds is 4. The Kier molecular flexibility index (Phi) is 4.27. The first-order valence-electron chi connectivity index (χ1n) is 6.07. The highest BCUT2D eigenvalue weighted by Crippen LogP contribution is 2.27. The molecule has 0 aliphatic carbocycles. The first-order chi connectivity index (χ1) is 7.51. The zero-order chi connectivity index (χ0) is 12.3. The zero-order valence-electron chi connectivity index (χ0n) is 11.3. The van der Waals surface area contributed by atoms with E-state index in [1.807, 2.05) is 7.05 Å². The minimum absolute atomic E-state index is 0.423. The van der Waals surface area contributed by atoms with E-state index in [2.05, 4.69) is 49.9 Å². The van der Waals surface area contributed by atoms with Gasteiger partial charge in [0.05, 0.1) is 0 Å². The van der Waals surface area contributed by atoms with E-state index in [9.17, 15) is 0 Å². The average Bonchev–Trinajstić information content (AvgIpc) is 2.26. The summed E-state index contributed by atoms with van der Waals surface area (Å²) in [5.74, 6) is 2.81. The van der Waals surface area contributed by atoms with Crippen LogP contribution < -0.4 is 5.32 Å². The van der Waals surface area contributed by atoms with Crippen LogP contribution >= 0.6 is 0 Å². The number of nitrogens with one attached hydrogen (secondary N) is 1. The van der Waals surface area contributed by atoms with Crippen molar-refractivity contribution in [1.82, 2.24) is 9.97 Å². The third kappa shape index (κ3) is 2.52. The SMILES string of the molecule is CCC(C)c1nc(C)c(C(C)C)c(NC)n1. The van der Waals surface area contributed by atoms with Gasteiger partial charge in [0.15, 0.2) is 0 Å². The van der Waals surface area contributed by atoms with Crippen LogP contribution in [0.3, 0.4) is 0 Å². The molecular weight excluding hydrogens is 198 g/mol. The maximum atomic E-state index is 4.62. The lowest BCUT2D eigenvalue weighted by Gasteiger charge is -2.17. The fourth-order valence-corrected chi connectivity index (χ4v) is 1.89. The molecule has 0 radical (unpaired) electrons. The van der Waals surface area contributed by atoms with Crippen LogP contribution in [0.15, 0.2) is 0 Å². The molecule has 1 unspecified atom stereocenters. The standard InChI is InChI=1S/C13H23N3/c1-7-9(4)12-15-10(5)11(8(2)3)13(14-6)16-12/h8-9H,7H2,1-6H3,(H,14,15,16). The maximum absolute atomic E-state index is 4.62. The van der Waals surface area contributed by atoms with E-state index >= 15 is 0 Å². The van der Waals surface area contributed by atoms with Gasteiger partial charge in [0, 0.05) is 24.2 Å². The highest BCUT2D eigenvalue weighted by atomic mass is 15.0. The topological polar surface area (TPSA) is 37.8 Å². The Bertz CT molecular complexity index is 358. The Morgan fingerprint density at radius 1 is 1.19 bits per heavy atom. The second-order valence-corrected chi connectivity index (χ2v) is 4.64. The molecule has 0 fully saturated rings. The van der Waals surface area contributed by atoms with E-state index in [1.165, 1.54) is 5.56 Å². The summed E-state index contributed by atoms with van der Waals surface area (Å²) >= 11 is 0. The van der Waals surface area contributed by atoms with Crippen molar-refractivity contribution < 1.29 is 0 Å². The predicted molar refractivity (Wildman–Crippen MR) is 69.1 cm³/mol. The fourth-order valence-electron chi connectivity index (χ4n) is 1.89. The molecule has 1 atom stereocenters. The minimum Gasteiger partial charge on any atom is -0.373 e. The lowest BCUT2D eigenvalue weighted by Crippen LogP contribution is -2.10. The molecule has 0 aliphatic rings. The zero-order valence-corrected chi connectivity index (χ0v) is 11.3. The van der Waals surface area contributed by atoms with Gasteiger partial charge in [-0.3, -0.25) is 0 Å². The molecule has 0 aliphatic heterocycles. The fraction of sp³-hybridized carbons (Fsp3) is 0.692. The average molecular weight is 221 g/mol. The van der Waals surface area contributed by atoms with E-state index < -0.39 is 0 Å². The second-order valence-electron chi connectivity index (χ2n) is 4.64. The molecule has 1 aromatic rings. The molecule has 0 aromatic carbocycles. The second kappa shape index (κ2) is 5.28. The van der Waals surface area contributed by atoms with Crippen molar-refractivity contribution in [2.24, 2.45) is 0 Å². The summed E-state index contributed by atoms with van der Waals surface area (Å²) in [6, 6.07) is 0. The lowest BCUT2D eigenvalue weighted by atomic mass is 10.0. The van der Waals surface area contributed by atoms with Gasteiger partial charge in [-0.1, -0.05) is 27.7 Å². The van der Waals surface area contributed by atoms with Crippen molar-refractivity contribution in [2.45, 2.75) is 52.9 Å². The van der Waals surface area contributed by atoms with E-state index in [-0.39, 0.29) is 0 Å². The van der Waals surface area contributed by atoms with Gasteiger partial charge < -0.3 is 5.32 Å². The number of nitrogens with zero attached hydrogens (tertiary/aromatic N) is 2. The molecule has 0 saturated carbocycles. The Balaban J connectivity index is 3.26. The monoisotopic (exact) mass is 221 g/mol. The summed E-state index contributed by atoms with van der Waals surface area (Å²) in [4.78, 5) is 9.24. The van der Waals surface area contributed by atoms with Gasteiger partial charge in [0.25, 0.3) is 0 Å². The normalized spacial score (nSPS) is 12.9. The van der Waals surface area contributed by atoms with E-state index in [0.29, 0.717) is 11.8 Å². The summed E-state index contributed by atoms with van der Waals surface area (Å²) in [5.41, 5.74) is 2.33. The Morgan fingerprint density at radius 3 is 2.25 bits per heavy atom. The van der Waals surface area contributed by atoms with Gasteiger partial charge in [-0.15, -0.1) is 0 Å². The van der Waals surface area contributed by atoms with Crippen molar-refractivity contribution in [3.63, 3.8) is 0 Å². The number of hydrogen-bond donors (Lipinski definition) is 1. The van der Waals surface area contributed by atoms with Gasteiger partial charge in [-0.05, 0) is 19.3 Å². The van der Waals surface area contributed by atoms with Crippen molar-refractivity contribution in [1.29, 1.82) is 0 Å². The largest absolute Gasteiger partial charge is 0.373 e. The van der Waals surface area contributed by atoms with Crippen LogP contribution in [0.2, 0.25) is 0 Å². The third-order valence-corrected chi connectivity index (χ3v) is 3.02. The summed E-state index contributed by atoms with van der Waals surface area (Å²) in [6.07, 6.45) is 1.07. The molecule has 0 bridgehead atoms. The van der Waals surface area contributed by atoms with Crippen molar-refractivity contribution >= 4 is 5.82 Å². The number of hydrogen-bond acceptors (Lipinski definition) is 3. The molecule has 1 N–H and O–H groups in total. The van der Waals surface area contributed by atoms with Gasteiger partial charge in [0.2, 0.25) is 0 Å². The third-order valence-electron chi connectivity index (χ3n) is 3.02. The Labute approximate surface area is 98.7 Å². The first kappa shape index (κ1) is 12.9. The quantitative estimate of drug-likeness (QED) is 0.846. The molecule has 1 rings (SSSR count). The van der Waals surface area contributed by atoms with Crippen molar-refractivity contribution in [3.05, 3.63) is 17.1 Å². The molecule has 90 valence electrons. The molecular formula is C13H23N3. The molecule has 0 amide bonds. The van der Waals surface area contributed by atoms with Crippen LogP contribution in [0, 0.1) is 6.92 Å². The van der Waals surface area contributed by atoms with Crippen LogP contribution in [0.25, 0.3) is 0 Å². The lowest BCUT2D eigenvalue weighted by molar-refractivity contribution is 0.668. The number of anilines is 1. The number of aryl methyl sites for hydroxylation is 1. The van der Waals surface area contributed by atoms with Crippen LogP contribution in [0.1, 0.15) is 63.0 Å². The molecule has 16 heavy (non-hydrogen) atoms. The molecule has 1 heterocycles. The van der Waals surface area contributed by atoms with Gasteiger partial charge in [-0.2, -0.15) is 0 Å². The molecule has 3 heteroatoms. The first-order valence-corrected chi connectivity index (χ1v) is 6.07. The Hall–Kier alpha value is -1.12. The highest BCUT2D eigenvalue weighted by Gasteiger charge is 2.15. The Morgan fingerprint density at radius 2 is 1.81 bits per heavy atom. The van der Waals surface area contributed by atoms with Gasteiger partial charge in [-0.25, -0.2) is 9.97 Å². The molecule has 3 nitrogen and oxygen atoms in total. The molecule has 0 saturated heterocycles. The smallest absolute Gasteiger partial charge is 0.133 e. The minimum atomic E-state index is 0.423. The molecule has 0 spiro atoms. The van der Waals surface area contributed by atoms with E-state index in [0.717, 1.165) is 23.8 Å². The van der Waals surface area contributed by atoms with E-state index in [4.69, 9.17) is 0 Å². The van der Waals surface area contributed by atoms with Crippen LogP contribution in [-0.4, -0.2) is 17.0 Å². The number of aromatic nitrogens is 2. The van der Waals surface area contributed by atoms with Crippen LogP contribution in [0.4, 0.5) is 5.82 Å². The molecule has 1 aromatic heterocycles. The summed E-state index contributed by atoms with van der Waals surface area (Å²) < 4.78 is 0. The summed E-state index contributed by atoms with van der Waals surface area (Å²) in [5, 5.41) is 3.19. The van der Waals surface area contributed by atoms with Crippen molar-refractivity contribution in [3.8, 4) is 0 Å². The van der Waals surface area contributed by atoms with Gasteiger partial charge >= 0.3 is 0 Å². The highest BCUT2D eigenvalue weighted by molar-refractivity contribution is 5.48. The van der Waals surface area contributed by atoms with E-state index in [1.54, 1.807) is 0 Å². The predicted octanol–water partition coefficient (Wildman–Crippen LogP) is 3.46. The summed E-state index contributed by atoms with van der Waals surface area (Å²) in [6.45, 7) is 10.8. The van der Waals surface area contributed by atoms with Crippen LogP contribution in [0.5, 0.6) is 0 Å². The maximum Gasteiger partial charge on any atom is 0.133 e. The van der Waals surface area contributed by atoms with Crippen molar-refractivity contribution in [2.75, 3.05) is 12.4 Å². The van der Waals surface area contributed by atoms with Crippen LogP contribution in [-0.2, 0) is 0 Å². The summed E-state index contributed by atoms with van der Waals surface area (Å²) in [7, 11) is 1.92.